The first-order valence-corrected chi connectivity index (χ1v) is 11.8. The summed E-state index contributed by atoms with van der Waals surface area (Å²) in [4.78, 5) is 7.00. The van der Waals surface area contributed by atoms with Crippen molar-refractivity contribution >= 4 is 17.2 Å². The van der Waals surface area contributed by atoms with Crippen LogP contribution in [-0.2, 0) is 0 Å². The molecule has 0 unspecified atom stereocenters. The summed E-state index contributed by atoms with van der Waals surface area (Å²) in [6, 6.07) is 9.39. The molecule has 0 radical (unpaired) electrons. The van der Waals surface area contributed by atoms with Crippen molar-refractivity contribution in [3.05, 3.63) is 29.4 Å². The fraction of sp³-hybridized carbons (Fsp3) is 0.455. The lowest BCUT2D eigenvalue weighted by molar-refractivity contribution is 0.343. The number of aromatic hydroxyl groups is 1. The topological polar surface area (TPSA) is 124 Å². The highest BCUT2D eigenvalue weighted by molar-refractivity contribution is 7.15. The maximum absolute atomic E-state index is 10.6. The Morgan fingerprint density at radius 3 is 2.47 bits per heavy atom. The summed E-state index contributed by atoms with van der Waals surface area (Å²) >= 11 is 1.18. The van der Waals surface area contributed by atoms with Crippen LogP contribution in [0.2, 0.25) is 0 Å². The minimum Gasteiger partial charge on any atom is -0.507 e. The summed E-state index contributed by atoms with van der Waals surface area (Å²) in [5.74, 6) is 1.25. The van der Waals surface area contributed by atoms with E-state index in [-0.39, 0.29) is 10.8 Å². The first-order chi connectivity index (χ1) is 15.7. The number of phenols is 1. The van der Waals surface area contributed by atoms with Crippen molar-refractivity contribution in [2.24, 2.45) is 0 Å². The van der Waals surface area contributed by atoms with Gasteiger partial charge < -0.3 is 15.3 Å². The second-order valence-corrected chi connectivity index (χ2v) is 9.78. The number of anilines is 1. The van der Waals surface area contributed by atoms with Crippen LogP contribution in [0.3, 0.4) is 0 Å². The van der Waals surface area contributed by atoms with Crippen molar-refractivity contribution in [1.82, 2.24) is 30.7 Å². The number of nitriles is 1. The minimum atomic E-state index is 0.0414. The van der Waals surface area contributed by atoms with E-state index in [1.807, 2.05) is 12.1 Å². The lowest BCUT2D eigenvalue weighted by atomic mass is 9.98. The van der Waals surface area contributed by atoms with Crippen LogP contribution in [0.4, 0.5) is 5.82 Å². The molecular weight excluding hydrogens is 424 g/mol. The largest absolute Gasteiger partial charge is 0.507 e. The maximum Gasteiger partial charge on any atom is 0.218 e. The lowest BCUT2D eigenvalue weighted by Crippen LogP contribution is -2.49. The van der Waals surface area contributed by atoms with Gasteiger partial charge in [0.1, 0.15) is 16.8 Å². The van der Waals surface area contributed by atoms with Gasteiger partial charge in [0.2, 0.25) is 5.01 Å². The number of hydrogen-bond acceptors (Lipinski definition) is 10. The molecule has 1 aliphatic carbocycles. The van der Waals surface area contributed by atoms with Crippen molar-refractivity contribution < 1.29 is 5.11 Å². The van der Waals surface area contributed by atoms with Crippen molar-refractivity contribution in [2.45, 2.75) is 62.7 Å². The molecule has 162 valence electrons. The zero-order chi connectivity index (χ0) is 21.7. The molecule has 9 nitrogen and oxygen atoms in total. The SMILES string of the molecule is N#Cc1nnc(-c2ccc(-c3ncc(N(C4CC4)[C@@H]4C[C@H]5CC[C@@H](C4)N5)nn3)c(O)c2)s1. The minimum absolute atomic E-state index is 0.0414. The first-order valence-electron chi connectivity index (χ1n) is 11.0. The van der Waals surface area contributed by atoms with Gasteiger partial charge in [-0.3, -0.25) is 0 Å². The van der Waals surface area contributed by atoms with Crippen molar-refractivity contribution in [3.63, 3.8) is 0 Å². The van der Waals surface area contributed by atoms with Gasteiger partial charge in [0.15, 0.2) is 11.6 Å². The van der Waals surface area contributed by atoms with Crippen LogP contribution in [0.15, 0.2) is 24.4 Å². The third-order valence-electron chi connectivity index (χ3n) is 6.60. The van der Waals surface area contributed by atoms with E-state index in [4.69, 9.17) is 5.26 Å². The molecule has 3 fully saturated rings. The van der Waals surface area contributed by atoms with E-state index in [2.05, 4.69) is 35.6 Å². The van der Waals surface area contributed by atoms with Crippen LogP contribution in [0.5, 0.6) is 5.75 Å². The van der Waals surface area contributed by atoms with Crippen molar-refractivity contribution in [1.29, 1.82) is 5.26 Å². The van der Waals surface area contributed by atoms with Crippen LogP contribution >= 0.6 is 11.3 Å². The molecule has 2 aromatic heterocycles. The number of phenolic OH excluding ortho intramolecular Hbond substituents is 1. The highest BCUT2D eigenvalue weighted by atomic mass is 32.1. The van der Waals surface area contributed by atoms with Gasteiger partial charge in [-0.25, -0.2) is 4.98 Å². The molecule has 10 heteroatoms. The van der Waals surface area contributed by atoms with E-state index in [0.29, 0.717) is 46.1 Å². The molecule has 3 aromatic rings. The average Bonchev–Trinajstić information content (AvgIpc) is 3.41. The molecule has 0 spiro atoms. The van der Waals surface area contributed by atoms with E-state index >= 15 is 0 Å². The second-order valence-electron chi connectivity index (χ2n) is 8.80. The number of nitrogens with zero attached hydrogens (tertiary/aromatic N) is 7. The first kappa shape index (κ1) is 19.5. The second kappa shape index (κ2) is 7.76. The third kappa shape index (κ3) is 3.57. The van der Waals surface area contributed by atoms with E-state index in [9.17, 15) is 5.11 Å². The van der Waals surface area contributed by atoms with Crippen LogP contribution in [0.1, 0.15) is 43.5 Å². The summed E-state index contributed by atoms with van der Waals surface area (Å²) in [6.45, 7) is 0. The zero-order valence-electron chi connectivity index (χ0n) is 17.3. The van der Waals surface area contributed by atoms with E-state index in [1.165, 1.54) is 37.0 Å². The molecule has 2 bridgehead atoms. The Labute approximate surface area is 189 Å². The molecular formula is C22H22N8OS. The van der Waals surface area contributed by atoms with Gasteiger partial charge in [-0.2, -0.15) is 5.26 Å². The van der Waals surface area contributed by atoms with Crippen molar-refractivity contribution in [2.75, 3.05) is 4.90 Å². The molecule has 1 aromatic carbocycles. The van der Waals surface area contributed by atoms with Gasteiger partial charge >= 0.3 is 0 Å². The quantitative estimate of drug-likeness (QED) is 0.609. The van der Waals surface area contributed by atoms with Gasteiger partial charge in [0, 0.05) is 29.7 Å². The molecule has 0 amide bonds. The predicted molar refractivity (Wildman–Crippen MR) is 119 cm³/mol. The van der Waals surface area contributed by atoms with Gasteiger partial charge in [-0.1, -0.05) is 17.4 Å². The third-order valence-corrected chi connectivity index (χ3v) is 7.48. The standard InChI is InChI=1S/C22H22N8OS/c23-10-20-27-29-22(32-20)12-1-6-17(18(31)7-12)21-24-11-19(26-28-21)30(15-4-5-15)16-8-13-2-3-14(9-16)25-13/h1,6-7,11,13-16,25,31H,2-5,8-9H2/t13-,14+,16-. The predicted octanol–water partition coefficient (Wildman–Crippen LogP) is 2.89. The molecule has 3 aliphatic rings. The number of piperidine rings is 1. The summed E-state index contributed by atoms with van der Waals surface area (Å²) in [6.07, 6.45) is 9.03. The van der Waals surface area contributed by atoms with Gasteiger partial charge in [0.05, 0.1) is 11.8 Å². The molecule has 32 heavy (non-hydrogen) atoms. The van der Waals surface area contributed by atoms with E-state index in [1.54, 1.807) is 18.3 Å². The molecule has 6 rings (SSSR count). The van der Waals surface area contributed by atoms with Crippen molar-refractivity contribution in [3.8, 4) is 33.8 Å². The Morgan fingerprint density at radius 1 is 1.03 bits per heavy atom. The monoisotopic (exact) mass is 446 g/mol. The normalized spacial score (nSPS) is 24.3. The Kier molecular flexibility index (Phi) is 4.73. The molecule has 2 aliphatic heterocycles. The summed E-state index contributed by atoms with van der Waals surface area (Å²) in [7, 11) is 0. The van der Waals surface area contributed by atoms with E-state index in [0.717, 1.165) is 18.7 Å². The number of fused-ring (bicyclic) bond motifs is 2. The van der Waals surface area contributed by atoms with Gasteiger partial charge in [0.25, 0.3) is 0 Å². The van der Waals surface area contributed by atoms with E-state index < -0.39 is 0 Å². The highest BCUT2D eigenvalue weighted by Gasteiger charge is 2.41. The smallest absolute Gasteiger partial charge is 0.218 e. The number of hydrogen-bond donors (Lipinski definition) is 2. The maximum atomic E-state index is 10.6. The molecule has 4 heterocycles. The van der Waals surface area contributed by atoms with Crippen LogP contribution in [0.25, 0.3) is 22.0 Å². The van der Waals surface area contributed by atoms with Crippen LogP contribution in [-0.4, -0.2) is 54.7 Å². The lowest BCUT2D eigenvalue weighted by Gasteiger charge is -2.38. The number of benzene rings is 1. The highest BCUT2D eigenvalue weighted by Crippen LogP contribution is 2.39. The summed E-state index contributed by atoms with van der Waals surface area (Å²) < 4.78 is 0. The molecule has 3 atom stereocenters. The number of nitrogens with one attached hydrogen (secondary N) is 1. The van der Waals surface area contributed by atoms with Gasteiger partial charge in [-0.05, 0) is 50.7 Å². The van der Waals surface area contributed by atoms with Gasteiger partial charge in [-0.15, -0.1) is 20.4 Å². The fourth-order valence-electron chi connectivity index (χ4n) is 5.03. The van der Waals surface area contributed by atoms with Crippen LogP contribution in [0, 0.1) is 11.3 Å². The fourth-order valence-corrected chi connectivity index (χ4v) is 5.67. The number of aromatic nitrogens is 5. The zero-order valence-corrected chi connectivity index (χ0v) is 18.2. The molecule has 2 saturated heterocycles. The Bertz CT molecular complexity index is 1170. The average molecular weight is 447 g/mol. The number of rotatable bonds is 5. The summed E-state index contributed by atoms with van der Waals surface area (Å²) in [5.41, 5.74) is 1.20. The molecule has 2 N–H and O–H groups in total. The summed E-state index contributed by atoms with van der Waals surface area (Å²) in [5, 5.41) is 40.8. The Hall–Kier alpha value is -3.16. The molecule has 1 saturated carbocycles. The Morgan fingerprint density at radius 2 is 1.84 bits per heavy atom. The Balaban J connectivity index is 1.24. The van der Waals surface area contributed by atoms with Crippen LogP contribution < -0.4 is 10.2 Å².